The van der Waals surface area contributed by atoms with Crippen molar-refractivity contribution < 1.29 is 4.74 Å². The molecule has 1 aliphatic rings. The molecule has 2 aromatic carbocycles. The van der Waals surface area contributed by atoms with Gasteiger partial charge < -0.3 is 9.72 Å². The lowest BCUT2D eigenvalue weighted by Crippen LogP contribution is -2.17. The van der Waals surface area contributed by atoms with Crippen LogP contribution in [-0.4, -0.2) is 14.5 Å². The van der Waals surface area contributed by atoms with Crippen LogP contribution in [0.2, 0.25) is 0 Å². The van der Waals surface area contributed by atoms with Crippen LogP contribution >= 0.6 is 0 Å². The Morgan fingerprint density at radius 3 is 2.68 bits per heavy atom. The molecule has 5 heteroatoms. The Kier molecular flexibility index (Phi) is 4.01. The minimum Gasteiger partial charge on any atom is -0.486 e. The van der Waals surface area contributed by atoms with Gasteiger partial charge in [-0.1, -0.05) is 30.3 Å². The van der Waals surface area contributed by atoms with Crippen LogP contribution in [0.5, 0.6) is 5.75 Å². The Labute approximate surface area is 162 Å². The lowest BCUT2D eigenvalue weighted by molar-refractivity contribution is 0.226. The largest absolute Gasteiger partial charge is 0.486 e. The quantitative estimate of drug-likeness (QED) is 0.552. The van der Waals surface area contributed by atoms with Gasteiger partial charge in [0.15, 0.2) is 0 Å². The van der Waals surface area contributed by atoms with Gasteiger partial charge in [0.05, 0.1) is 16.7 Å². The maximum atomic E-state index is 12.7. The predicted octanol–water partition coefficient (Wildman–Crippen LogP) is 4.73. The van der Waals surface area contributed by atoms with Crippen molar-refractivity contribution in [1.82, 2.24) is 14.5 Å². The number of fused-ring (bicyclic) bond motifs is 1. The molecule has 1 atom stereocenters. The van der Waals surface area contributed by atoms with Crippen molar-refractivity contribution in [3.63, 3.8) is 0 Å². The van der Waals surface area contributed by atoms with E-state index in [9.17, 15) is 4.79 Å². The molecule has 5 rings (SSSR count). The van der Waals surface area contributed by atoms with Crippen molar-refractivity contribution in [3.05, 3.63) is 88.6 Å². The van der Waals surface area contributed by atoms with Gasteiger partial charge in [-0.3, -0.25) is 9.36 Å². The number of aromatic nitrogens is 3. The molecule has 0 aliphatic heterocycles. The first kappa shape index (κ1) is 16.8. The highest BCUT2D eigenvalue weighted by molar-refractivity contribution is 5.77. The molecule has 28 heavy (non-hydrogen) atoms. The van der Waals surface area contributed by atoms with E-state index in [1.165, 1.54) is 18.9 Å². The Balaban J connectivity index is 1.41. The standard InChI is InChI=1S/C23H21N3O2/c1-15(16-5-3-2-4-6-16)28-19-11-12-26(22(27)14-19)18-9-10-20-21(13-18)25-23(24-20)17-7-8-17/h2-6,9-15,17H,7-8H2,1H3,(H,24,25). The van der Waals surface area contributed by atoms with Gasteiger partial charge in [-0.25, -0.2) is 4.98 Å². The molecule has 1 aliphatic carbocycles. The molecule has 0 radical (unpaired) electrons. The van der Waals surface area contributed by atoms with Gasteiger partial charge in [0.25, 0.3) is 5.56 Å². The maximum Gasteiger partial charge on any atom is 0.258 e. The third-order valence-corrected chi connectivity index (χ3v) is 5.20. The van der Waals surface area contributed by atoms with Gasteiger partial charge in [-0.05, 0) is 49.6 Å². The van der Waals surface area contributed by atoms with Gasteiger partial charge in [0.1, 0.15) is 17.7 Å². The van der Waals surface area contributed by atoms with E-state index in [4.69, 9.17) is 4.74 Å². The van der Waals surface area contributed by atoms with Crippen molar-refractivity contribution in [2.45, 2.75) is 31.8 Å². The van der Waals surface area contributed by atoms with E-state index in [0.29, 0.717) is 11.7 Å². The maximum absolute atomic E-state index is 12.7. The Hall–Kier alpha value is -3.34. The topological polar surface area (TPSA) is 59.9 Å². The van der Waals surface area contributed by atoms with Gasteiger partial charge in [0, 0.05) is 18.2 Å². The lowest BCUT2D eigenvalue weighted by Gasteiger charge is -2.15. The number of ether oxygens (including phenoxy) is 1. The van der Waals surface area contributed by atoms with Crippen LogP contribution in [0.1, 0.15) is 43.2 Å². The summed E-state index contributed by atoms with van der Waals surface area (Å²) < 4.78 is 7.57. The fourth-order valence-corrected chi connectivity index (χ4v) is 3.46. The zero-order valence-electron chi connectivity index (χ0n) is 15.6. The Morgan fingerprint density at radius 1 is 1.11 bits per heavy atom. The third kappa shape index (κ3) is 3.20. The first-order chi connectivity index (χ1) is 13.7. The molecule has 1 unspecified atom stereocenters. The molecule has 0 bridgehead atoms. The van der Waals surface area contributed by atoms with E-state index in [1.54, 1.807) is 10.8 Å². The number of benzene rings is 2. The molecule has 4 aromatic rings. The third-order valence-electron chi connectivity index (χ3n) is 5.20. The molecule has 1 fully saturated rings. The molecule has 140 valence electrons. The lowest BCUT2D eigenvalue weighted by atomic mass is 10.1. The summed E-state index contributed by atoms with van der Waals surface area (Å²) >= 11 is 0. The highest BCUT2D eigenvalue weighted by atomic mass is 16.5. The summed E-state index contributed by atoms with van der Waals surface area (Å²) in [4.78, 5) is 20.7. The van der Waals surface area contributed by atoms with Crippen LogP contribution in [0.4, 0.5) is 0 Å². The number of rotatable bonds is 5. The van der Waals surface area contributed by atoms with Crippen molar-refractivity contribution in [1.29, 1.82) is 0 Å². The molecule has 0 amide bonds. The smallest absolute Gasteiger partial charge is 0.258 e. The molecule has 0 spiro atoms. The second kappa shape index (κ2) is 6.68. The number of hydrogen-bond donors (Lipinski definition) is 1. The number of imidazole rings is 1. The van der Waals surface area contributed by atoms with E-state index in [2.05, 4.69) is 9.97 Å². The van der Waals surface area contributed by atoms with E-state index >= 15 is 0 Å². The minimum absolute atomic E-state index is 0.126. The zero-order valence-corrected chi connectivity index (χ0v) is 15.6. The predicted molar refractivity (Wildman–Crippen MR) is 109 cm³/mol. The molecule has 2 aromatic heterocycles. The van der Waals surface area contributed by atoms with Gasteiger partial charge >= 0.3 is 0 Å². The van der Waals surface area contributed by atoms with Crippen molar-refractivity contribution in [2.75, 3.05) is 0 Å². The summed E-state index contributed by atoms with van der Waals surface area (Å²) in [6.07, 6.45) is 4.04. The van der Waals surface area contributed by atoms with Gasteiger partial charge in [-0.2, -0.15) is 0 Å². The van der Waals surface area contributed by atoms with Crippen LogP contribution in [-0.2, 0) is 0 Å². The molecule has 1 N–H and O–H groups in total. The zero-order chi connectivity index (χ0) is 19.1. The summed E-state index contributed by atoms with van der Waals surface area (Å²) in [5.74, 6) is 2.19. The van der Waals surface area contributed by atoms with Crippen LogP contribution in [0.3, 0.4) is 0 Å². The van der Waals surface area contributed by atoms with Crippen LogP contribution in [0.25, 0.3) is 16.7 Å². The first-order valence-corrected chi connectivity index (χ1v) is 9.62. The molecular formula is C23H21N3O2. The number of hydrogen-bond acceptors (Lipinski definition) is 3. The fraction of sp³-hybridized carbons (Fsp3) is 0.217. The normalized spacial score (nSPS) is 14.9. The van der Waals surface area contributed by atoms with Crippen LogP contribution in [0, 0.1) is 0 Å². The first-order valence-electron chi connectivity index (χ1n) is 9.62. The number of aromatic amines is 1. The van der Waals surface area contributed by atoms with Gasteiger partial charge in [0.2, 0.25) is 0 Å². The van der Waals surface area contributed by atoms with E-state index in [-0.39, 0.29) is 11.7 Å². The number of nitrogens with zero attached hydrogens (tertiary/aromatic N) is 2. The van der Waals surface area contributed by atoms with E-state index in [1.807, 2.05) is 61.5 Å². The summed E-state index contributed by atoms with van der Waals surface area (Å²) in [5, 5.41) is 0. The summed E-state index contributed by atoms with van der Waals surface area (Å²) in [6, 6.07) is 19.2. The van der Waals surface area contributed by atoms with Crippen molar-refractivity contribution >= 4 is 11.0 Å². The second-order valence-electron chi connectivity index (χ2n) is 7.34. The molecule has 0 saturated heterocycles. The number of H-pyrrole nitrogens is 1. The van der Waals surface area contributed by atoms with E-state index in [0.717, 1.165) is 28.1 Å². The SMILES string of the molecule is CC(Oc1ccn(-c2ccc3nc(C4CC4)[nH]c3c2)c(=O)c1)c1ccccc1. The molecular weight excluding hydrogens is 350 g/mol. The molecule has 5 nitrogen and oxygen atoms in total. The highest BCUT2D eigenvalue weighted by Gasteiger charge is 2.26. The average molecular weight is 371 g/mol. The monoisotopic (exact) mass is 371 g/mol. The summed E-state index contributed by atoms with van der Waals surface area (Å²) in [5.41, 5.74) is 3.66. The fourth-order valence-electron chi connectivity index (χ4n) is 3.46. The Bertz CT molecular complexity index is 1190. The summed E-state index contributed by atoms with van der Waals surface area (Å²) in [6.45, 7) is 1.98. The van der Waals surface area contributed by atoms with Gasteiger partial charge in [-0.15, -0.1) is 0 Å². The van der Waals surface area contributed by atoms with Crippen molar-refractivity contribution in [3.8, 4) is 11.4 Å². The van der Waals surface area contributed by atoms with Crippen molar-refractivity contribution in [2.24, 2.45) is 0 Å². The summed E-state index contributed by atoms with van der Waals surface area (Å²) in [7, 11) is 0. The minimum atomic E-state index is -0.126. The second-order valence-corrected chi connectivity index (χ2v) is 7.34. The highest BCUT2D eigenvalue weighted by Crippen LogP contribution is 2.39. The average Bonchev–Trinajstić information content (AvgIpc) is 3.47. The number of nitrogens with one attached hydrogen (secondary N) is 1. The molecule has 1 saturated carbocycles. The number of pyridine rings is 1. The van der Waals surface area contributed by atoms with E-state index < -0.39 is 0 Å². The Morgan fingerprint density at radius 2 is 1.93 bits per heavy atom. The molecule has 2 heterocycles. The van der Waals surface area contributed by atoms with Crippen LogP contribution in [0.15, 0.2) is 71.7 Å². The van der Waals surface area contributed by atoms with Crippen LogP contribution < -0.4 is 10.3 Å².